The molecule has 3 N–H and O–H groups in total. The van der Waals surface area contributed by atoms with Gasteiger partial charge < -0.3 is 33.8 Å². The first-order chi connectivity index (χ1) is 42.8. The van der Waals surface area contributed by atoms with Crippen LogP contribution in [0.5, 0.6) is 0 Å². The Labute approximate surface area is 542 Å². The average Bonchev–Trinajstić information content (AvgIpc) is 3.69. The summed E-state index contributed by atoms with van der Waals surface area (Å²) in [6.45, 7) is 11.7. The number of carbonyl (C=O) groups is 4. The van der Waals surface area contributed by atoms with Gasteiger partial charge in [0.05, 0.1) is 26.4 Å². The lowest BCUT2D eigenvalue weighted by molar-refractivity contribution is -0.161. The Balaban J connectivity index is 5.30. The van der Waals surface area contributed by atoms with Crippen molar-refractivity contribution in [3.8, 4) is 0 Å². The average molecular weight is 1310 g/mol. The molecule has 3 unspecified atom stereocenters. The molecule has 0 bridgehead atoms. The number of rotatable bonds is 66. The third-order valence-electron chi connectivity index (χ3n) is 15.9. The fourth-order valence-corrected chi connectivity index (χ4v) is 11.5. The van der Waals surface area contributed by atoms with Crippen molar-refractivity contribution >= 4 is 39.5 Å². The summed E-state index contributed by atoms with van der Waals surface area (Å²) in [6, 6.07) is 0. The van der Waals surface area contributed by atoms with E-state index in [1.807, 2.05) is 0 Å². The van der Waals surface area contributed by atoms with Crippen molar-refractivity contribution in [2.75, 3.05) is 39.6 Å². The van der Waals surface area contributed by atoms with Crippen molar-refractivity contribution in [3.63, 3.8) is 0 Å². The van der Waals surface area contributed by atoms with Gasteiger partial charge in [-0.15, -0.1) is 0 Å². The minimum atomic E-state index is -4.96. The molecule has 0 aromatic heterocycles. The second-order valence-electron chi connectivity index (χ2n) is 25.8. The second-order valence-corrected chi connectivity index (χ2v) is 28.7. The molecule has 0 amide bonds. The smallest absolute Gasteiger partial charge is 0.462 e. The Morgan fingerprint density at radius 2 is 0.663 bits per heavy atom. The molecule has 0 rings (SSSR count). The van der Waals surface area contributed by atoms with Gasteiger partial charge in [0.15, 0.2) is 12.2 Å². The maximum Gasteiger partial charge on any atom is 0.472 e. The van der Waals surface area contributed by atoms with Gasteiger partial charge in [0.2, 0.25) is 0 Å². The Hall–Kier alpha value is -2.46. The minimum Gasteiger partial charge on any atom is -0.462 e. The van der Waals surface area contributed by atoms with Crippen molar-refractivity contribution in [2.24, 2.45) is 17.8 Å². The summed E-state index contributed by atoms with van der Waals surface area (Å²) in [6.07, 6.45) is 46.7. The summed E-state index contributed by atoms with van der Waals surface area (Å²) in [7, 11) is -9.91. The van der Waals surface area contributed by atoms with Crippen LogP contribution in [-0.2, 0) is 65.4 Å². The predicted molar refractivity (Wildman–Crippen MR) is 358 cm³/mol. The van der Waals surface area contributed by atoms with Crippen LogP contribution in [0.15, 0.2) is 24.3 Å². The topological polar surface area (TPSA) is 237 Å². The van der Waals surface area contributed by atoms with Gasteiger partial charge in [-0.1, -0.05) is 272 Å². The second kappa shape index (κ2) is 60.5. The summed E-state index contributed by atoms with van der Waals surface area (Å²) in [5.74, 6) is 0.0457. The molecule has 0 saturated carbocycles. The normalized spacial score (nSPS) is 14.7. The molecule has 19 heteroatoms. The zero-order chi connectivity index (χ0) is 65.9. The van der Waals surface area contributed by atoms with E-state index in [4.69, 9.17) is 37.0 Å². The van der Waals surface area contributed by atoms with Crippen LogP contribution in [0.2, 0.25) is 0 Å². The van der Waals surface area contributed by atoms with Gasteiger partial charge in [-0.05, 0) is 69.1 Å². The zero-order valence-corrected chi connectivity index (χ0v) is 59.2. The molecule has 0 aliphatic heterocycles. The van der Waals surface area contributed by atoms with Gasteiger partial charge >= 0.3 is 39.5 Å². The third-order valence-corrected chi connectivity index (χ3v) is 17.8. The molecule has 0 radical (unpaired) electrons. The van der Waals surface area contributed by atoms with Crippen LogP contribution in [-0.4, -0.2) is 96.7 Å². The summed E-state index contributed by atoms with van der Waals surface area (Å²) >= 11 is 0. The summed E-state index contributed by atoms with van der Waals surface area (Å²) in [5.41, 5.74) is 0. The molecular formula is C70H132O17P2. The van der Waals surface area contributed by atoms with Gasteiger partial charge in [0, 0.05) is 25.7 Å². The van der Waals surface area contributed by atoms with Gasteiger partial charge in [-0.25, -0.2) is 9.13 Å². The fraction of sp³-hybridized carbons (Fsp3) is 0.886. The molecule has 0 aromatic rings. The van der Waals surface area contributed by atoms with Gasteiger partial charge in [0.25, 0.3) is 0 Å². The number of phosphoric ester groups is 2. The molecule has 0 fully saturated rings. The Bertz CT molecular complexity index is 1840. The van der Waals surface area contributed by atoms with Crippen LogP contribution in [0.1, 0.15) is 325 Å². The molecule has 0 heterocycles. The predicted octanol–water partition coefficient (Wildman–Crippen LogP) is 19.4. The van der Waals surface area contributed by atoms with Crippen LogP contribution in [0.4, 0.5) is 0 Å². The van der Waals surface area contributed by atoms with Gasteiger partial charge in [0.1, 0.15) is 19.3 Å². The summed E-state index contributed by atoms with van der Waals surface area (Å²) in [5, 5.41) is 10.6. The number of aliphatic hydroxyl groups excluding tert-OH is 1. The van der Waals surface area contributed by atoms with E-state index in [1.165, 1.54) is 116 Å². The van der Waals surface area contributed by atoms with Gasteiger partial charge in [-0.3, -0.25) is 37.3 Å². The van der Waals surface area contributed by atoms with Crippen molar-refractivity contribution < 1.29 is 80.2 Å². The number of aliphatic hydroxyl groups is 1. The molecule has 524 valence electrons. The van der Waals surface area contributed by atoms with Crippen LogP contribution in [0.3, 0.4) is 0 Å². The van der Waals surface area contributed by atoms with E-state index in [1.54, 1.807) is 0 Å². The Kier molecular flexibility index (Phi) is 58.8. The highest BCUT2D eigenvalue weighted by Crippen LogP contribution is 2.45. The molecule has 17 nitrogen and oxygen atoms in total. The van der Waals surface area contributed by atoms with E-state index in [9.17, 15) is 43.2 Å². The van der Waals surface area contributed by atoms with Crippen LogP contribution >= 0.6 is 15.6 Å². The largest absolute Gasteiger partial charge is 0.472 e. The van der Waals surface area contributed by atoms with Crippen molar-refractivity contribution in [2.45, 2.75) is 343 Å². The molecule has 6 atom stereocenters. The lowest BCUT2D eigenvalue weighted by Gasteiger charge is -2.21. The van der Waals surface area contributed by atoms with Gasteiger partial charge in [-0.2, -0.15) is 0 Å². The van der Waals surface area contributed by atoms with Crippen LogP contribution in [0, 0.1) is 17.8 Å². The van der Waals surface area contributed by atoms with E-state index in [-0.39, 0.29) is 25.7 Å². The standard InChI is InChI=1S/C70H132O17P2/c1-8-10-11-12-13-14-15-16-17-18-19-24-30-39-46-53-69(74)86-65(57-80-67(72)51-44-37-29-25-20-22-27-34-41-48-61(3)4)59-84-88(76,77)82-55-64(71)56-83-89(78,79)85-60-66(58-81-68(73)52-45-38-33-32-36-43-50-63(7)9-2)87-70(75)54-47-40-31-26-21-23-28-35-42-49-62(5)6/h14-17,61-66,71H,8-13,18-60H2,1-7H3,(H,76,77)(H,78,79)/b15-14-,17-16-/t63?,64-,65-,66-/m1/s1. The Morgan fingerprint density at radius 1 is 0.371 bits per heavy atom. The quantitative estimate of drug-likeness (QED) is 0.0169. The number of hydrogen-bond donors (Lipinski definition) is 3. The first-order valence-electron chi connectivity index (χ1n) is 35.7. The molecule has 0 spiro atoms. The first-order valence-corrected chi connectivity index (χ1v) is 38.7. The lowest BCUT2D eigenvalue weighted by atomic mass is 10.00. The number of carbonyl (C=O) groups excluding carboxylic acids is 4. The molecule has 0 saturated heterocycles. The Morgan fingerprint density at radius 3 is 1.00 bits per heavy atom. The SMILES string of the molecule is CCCCCC/C=C\C=C/CCCCCCCC(=O)O[C@H](COC(=O)CCCCCCCCCCCC(C)C)COP(=O)(O)OC[C@@H](O)COP(=O)(O)OC[C@@H](COC(=O)CCCCCCCCC(C)CC)OC(=O)CCCCCCCCCCCC(C)C. The molecular weight excluding hydrogens is 1170 g/mol. The molecule has 0 aliphatic carbocycles. The van der Waals surface area contributed by atoms with E-state index in [0.29, 0.717) is 25.7 Å². The highest BCUT2D eigenvalue weighted by atomic mass is 31.2. The number of esters is 4. The fourth-order valence-electron chi connectivity index (χ4n) is 9.97. The molecule has 89 heavy (non-hydrogen) atoms. The number of unbranched alkanes of at least 4 members (excludes halogenated alkanes) is 30. The van der Waals surface area contributed by atoms with Crippen molar-refractivity contribution in [1.82, 2.24) is 0 Å². The maximum atomic E-state index is 13.0. The van der Waals surface area contributed by atoms with E-state index >= 15 is 0 Å². The highest BCUT2D eigenvalue weighted by molar-refractivity contribution is 7.47. The van der Waals surface area contributed by atoms with Crippen LogP contribution < -0.4 is 0 Å². The number of hydrogen-bond acceptors (Lipinski definition) is 15. The number of phosphoric acid groups is 2. The van der Waals surface area contributed by atoms with Crippen LogP contribution in [0.25, 0.3) is 0 Å². The maximum absolute atomic E-state index is 13.0. The van der Waals surface area contributed by atoms with Crippen molar-refractivity contribution in [1.29, 1.82) is 0 Å². The number of allylic oxidation sites excluding steroid dienone is 4. The third kappa shape index (κ3) is 62.7. The monoisotopic (exact) mass is 1310 g/mol. The summed E-state index contributed by atoms with van der Waals surface area (Å²) in [4.78, 5) is 72.5. The zero-order valence-electron chi connectivity index (χ0n) is 57.4. The summed E-state index contributed by atoms with van der Waals surface area (Å²) < 4.78 is 68.2. The van der Waals surface area contributed by atoms with E-state index in [0.717, 1.165) is 127 Å². The highest BCUT2D eigenvalue weighted by Gasteiger charge is 2.30. The molecule has 0 aromatic carbocycles. The minimum absolute atomic E-state index is 0.0840. The van der Waals surface area contributed by atoms with E-state index in [2.05, 4.69) is 72.8 Å². The first kappa shape index (κ1) is 86.5. The lowest BCUT2D eigenvalue weighted by Crippen LogP contribution is -2.30. The van der Waals surface area contributed by atoms with E-state index < -0.39 is 97.5 Å². The molecule has 0 aliphatic rings. The van der Waals surface area contributed by atoms with Crippen molar-refractivity contribution in [3.05, 3.63) is 24.3 Å². The number of ether oxygens (including phenoxy) is 4.